The van der Waals surface area contributed by atoms with Gasteiger partial charge in [-0.05, 0) is 49.5 Å². The standard InChI is InChI=1S/C21H22N4O4S/c1-24(2)14-16-3-6-18(7-4-16)20-9-8-19(13-22-20)30(28,29)25-12-11-17(15-25)5-10-21(26)23-27/h3-13,15,27H,14H2,1-2H3,(H,23,26). The van der Waals surface area contributed by atoms with Crippen LogP contribution in [0, 0.1) is 0 Å². The fourth-order valence-corrected chi connectivity index (χ4v) is 3.97. The molecule has 30 heavy (non-hydrogen) atoms. The lowest BCUT2D eigenvalue weighted by atomic mass is 10.1. The molecule has 0 radical (unpaired) electrons. The van der Waals surface area contributed by atoms with E-state index < -0.39 is 15.9 Å². The molecule has 0 aliphatic heterocycles. The molecule has 1 amide bonds. The number of hydrogen-bond donors (Lipinski definition) is 2. The van der Waals surface area contributed by atoms with Crippen LogP contribution >= 0.6 is 0 Å². The molecule has 0 unspecified atom stereocenters. The highest BCUT2D eigenvalue weighted by molar-refractivity contribution is 7.90. The molecule has 3 aromatic rings. The zero-order valence-corrected chi connectivity index (χ0v) is 17.4. The van der Waals surface area contributed by atoms with E-state index in [1.165, 1.54) is 47.8 Å². The molecular weight excluding hydrogens is 404 g/mol. The van der Waals surface area contributed by atoms with Crippen molar-refractivity contribution in [2.45, 2.75) is 11.4 Å². The van der Waals surface area contributed by atoms with E-state index in [1.54, 1.807) is 6.07 Å². The van der Waals surface area contributed by atoms with Crippen molar-refractivity contribution in [3.63, 3.8) is 0 Å². The number of hydroxylamine groups is 1. The lowest BCUT2D eigenvalue weighted by Crippen LogP contribution is -2.14. The van der Waals surface area contributed by atoms with E-state index in [9.17, 15) is 13.2 Å². The molecule has 9 heteroatoms. The summed E-state index contributed by atoms with van der Waals surface area (Å²) in [5.74, 6) is -0.708. The molecule has 0 atom stereocenters. The van der Waals surface area contributed by atoms with Gasteiger partial charge in [-0.3, -0.25) is 15.0 Å². The molecule has 0 aliphatic carbocycles. The normalized spacial score (nSPS) is 11.9. The molecule has 156 valence electrons. The van der Waals surface area contributed by atoms with Gasteiger partial charge in [-0.25, -0.2) is 17.9 Å². The molecule has 0 bridgehead atoms. The molecule has 2 N–H and O–H groups in total. The first-order valence-electron chi connectivity index (χ1n) is 9.05. The van der Waals surface area contributed by atoms with Gasteiger partial charge in [0, 0.05) is 36.8 Å². The molecule has 0 saturated heterocycles. The average molecular weight is 426 g/mol. The van der Waals surface area contributed by atoms with Crippen molar-refractivity contribution in [3.8, 4) is 11.3 Å². The molecule has 2 aromatic heterocycles. The molecule has 0 fully saturated rings. The van der Waals surface area contributed by atoms with Gasteiger partial charge in [0.05, 0.1) is 5.69 Å². The van der Waals surface area contributed by atoms with E-state index in [2.05, 4.69) is 9.88 Å². The monoisotopic (exact) mass is 426 g/mol. The number of carbonyl (C=O) groups is 1. The third kappa shape index (κ3) is 5.01. The molecule has 2 heterocycles. The lowest BCUT2D eigenvalue weighted by Gasteiger charge is -2.10. The lowest BCUT2D eigenvalue weighted by molar-refractivity contribution is -0.124. The SMILES string of the molecule is CN(C)Cc1ccc(-c2ccc(S(=O)(=O)n3ccc(C=CC(=O)NO)c3)cn2)cc1. The Bertz CT molecular complexity index is 1150. The number of pyridine rings is 1. The van der Waals surface area contributed by atoms with Gasteiger partial charge >= 0.3 is 0 Å². The number of aromatic nitrogens is 2. The van der Waals surface area contributed by atoms with Gasteiger partial charge < -0.3 is 4.90 Å². The van der Waals surface area contributed by atoms with E-state index in [0.717, 1.165) is 22.2 Å². The molecule has 0 aliphatic rings. The van der Waals surface area contributed by atoms with E-state index in [0.29, 0.717) is 11.3 Å². The molecule has 1 aromatic carbocycles. The molecule has 8 nitrogen and oxygen atoms in total. The number of nitrogens with zero attached hydrogens (tertiary/aromatic N) is 3. The summed E-state index contributed by atoms with van der Waals surface area (Å²) in [6.45, 7) is 0.837. The Labute approximate surface area is 175 Å². The summed E-state index contributed by atoms with van der Waals surface area (Å²) in [5.41, 5.74) is 4.71. The van der Waals surface area contributed by atoms with Gasteiger partial charge in [0.1, 0.15) is 4.90 Å². The van der Waals surface area contributed by atoms with Crippen molar-refractivity contribution in [1.29, 1.82) is 0 Å². The quantitative estimate of drug-likeness (QED) is 0.341. The Hall–Kier alpha value is -3.27. The van der Waals surface area contributed by atoms with Crippen molar-refractivity contribution in [3.05, 3.63) is 78.3 Å². The van der Waals surface area contributed by atoms with Crippen molar-refractivity contribution in [2.24, 2.45) is 0 Å². The Kier molecular flexibility index (Phi) is 6.46. The van der Waals surface area contributed by atoms with Crippen LogP contribution in [-0.2, 0) is 21.4 Å². The number of amides is 1. The van der Waals surface area contributed by atoms with Gasteiger partial charge in [-0.2, -0.15) is 0 Å². The Morgan fingerprint density at radius 1 is 1.17 bits per heavy atom. The van der Waals surface area contributed by atoms with Crippen molar-refractivity contribution >= 4 is 22.0 Å². The van der Waals surface area contributed by atoms with Crippen LogP contribution < -0.4 is 5.48 Å². The highest BCUT2D eigenvalue weighted by atomic mass is 32.2. The van der Waals surface area contributed by atoms with Crippen LogP contribution in [0.25, 0.3) is 17.3 Å². The van der Waals surface area contributed by atoms with Gasteiger partial charge in [0.25, 0.3) is 15.9 Å². The van der Waals surface area contributed by atoms with Crippen LogP contribution in [0.5, 0.6) is 0 Å². The molecular formula is C21H22N4O4S. The zero-order valence-electron chi connectivity index (χ0n) is 16.6. The average Bonchev–Trinajstić information content (AvgIpc) is 3.22. The smallest absolute Gasteiger partial charge is 0.269 e. The van der Waals surface area contributed by atoms with Gasteiger partial charge in [0.15, 0.2) is 0 Å². The van der Waals surface area contributed by atoms with E-state index in [-0.39, 0.29) is 4.90 Å². The minimum Gasteiger partial charge on any atom is -0.305 e. The Morgan fingerprint density at radius 3 is 2.50 bits per heavy atom. The van der Waals surface area contributed by atoms with Crippen LogP contribution in [0.4, 0.5) is 0 Å². The number of nitrogens with one attached hydrogen (secondary N) is 1. The maximum atomic E-state index is 12.8. The van der Waals surface area contributed by atoms with Crippen molar-refractivity contribution in [1.82, 2.24) is 19.3 Å². The van der Waals surface area contributed by atoms with E-state index in [4.69, 9.17) is 5.21 Å². The highest BCUT2D eigenvalue weighted by Crippen LogP contribution is 2.21. The summed E-state index contributed by atoms with van der Waals surface area (Å²) in [5, 5.41) is 8.49. The first-order valence-corrected chi connectivity index (χ1v) is 10.5. The maximum Gasteiger partial charge on any atom is 0.269 e. The third-order valence-corrected chi connectivity index (χ3v) is 5.91. The first-order chi connectivity index (χ1) is 14.3. The van der Waals surface area contributed by atoms with Gasteiger partial charge in [-0.1, -0.05) is 24.3 Å². The fourth-order valence-electron chi connectivity index (χ4n) is 2.82. The van der Waals surface area contributed by atoms with Crippen LogP contribution in [0.1, 0.15) is 11.1 Å². The number of benzene rings is 1. The zero-order chi connectivity index (χ0) is 21.7. The second kappa shape index (κ2) is 9.04. The van der Waals surface area contributed by atoms with E-state index >= 15 is 0 Å². The van der Waals surface area contributed by atoms with Crippen LogP contribution in [0.3, 0.4) is 0 Å². The van der Waals surface area contributed by atoms with Crippen molar-refractivity contribution < 1.29 is 18.4 Å². The third-order valence-electron chi connectivity index (χ3n) is 4.29. The minimum atomic E-state index is -3.82. The predicted molar refractivity (Wildman–Crippen MR) is 113 cm³/mol. The predicted octanol–water partition coefficient (Wildman–Crippen LogP) is 2.37. The summed E-state index contributed by atoms with van der Waals surface area (Å²) in [4.78, 5) is 17.5. The Balaban J connectivity index is 1.79. The topological polar surface area (TPSA) is 105 Å². The number of rotatable bonds is 7. The van der Waals surface area contributed by atoms with Crippen LogP contribution in [-0.4, -0.2) is 47.5 Å². The number of carbonyl (C=O) groups excluding carboxylic acids is 1. The summed E-state index contributed by atoms with van der Waals surface area (Å²) < 4.78 is 26.7. The minimum absolute atomic E-state index is 0.0507. The van der Waals surface area contributed by atoms with Crippen LogP contribution in [0.15, 0.2) is 72.0 Å². The Morgan fingerprint density at radius 2 is 1.90 bits per heavy atom. The summed E-state index contributed by atoms with van der Waals surface area (Å²) in [7, 11) is 0.192. The van der Waals surface area contributed by atoms with Crippen molar-refractivity contribution in [2.75, 3.05) is 14.1 Å². The second-order valence-electron chi connectivity index (χ2n) is 6.90. The second-order valence-corrected chi connectivity index (χ2v) is 8.75. The fraction of sp³-hybridized carbons (Fsp3) is 0.143. The van der Waals surface area contributed by atoms with Crippen LogP contribution in [0.2, 0.25) is 0 Å². The van der Waals surface area contributed by atoms with Gasteiger partial charge in [0.2, 0.25) is 0 Å². The number of hydrogen-bond acceptors (Lipinski definition) is 6. The maximum absolute atomic E-state index is 12.8. The molecule has 3 rings (SSSR count). The summed E-state index contributed by atoms with van der Waals surface area (Å²) in [6, 6.07) is 12.7. The largest absolute Gasteiger partial charge is 0.305 e. The van der Waals surface area contributed by atoms with E-state index in [1.807, 2.05) is 38.4 Å². The highest BCUT2D eigenvalue weighted by Gasteiger charge is 2.17. The summed E-state index contributed by atoms with van der Waals surface area (Å²) >= 11 is 0. The summed E-state index contributed by atoms with van der Waals surface area (Å²) in [6.07, 6.45) is 6.55. The first kappa shape index (κ1) is 21.4. The van der Waals surface area contributed by atoms with Gasteiger partial charge in [-0.15, -0.1) is 0 Å². The molecule has 0 spiro atoms. The molecule has 0 saturated carbocycles.